The zero-order valence-corrected chi connectivity index (χ0v) is 7.63. The van der Waals surface area contributed by atoms with Crippen molar-refractivity contribution in [1.82, 2.24) is 0 Å². The van der Waals surface area contributed by atoms with E-state index in [2.05, 4.69) is 16.6 Å². The first-order valence-corrected chi connectivity index (χ1v) is 3.89. The molecule has 0 aliphatic carbocycles. The summed E-state index contributed by atoms with van der Waals surface area (Å²) < 4.78 is 4.62. The van der Waals surface area contributed by atoms with Crippen LogP contribution in [0.5, 0.6) is 0 Å². The topological polar surface area (TPSA) is 26.3 Å². The van der Waals surface area contributed by atoms with Gasteiger partial charge in [0.2, 0.25) is 0 Å². The molecular weight excluding hydrogens is 164 g/mol. The molecule has 0 aliphatic rings. The Balaban J connectivity index is 3.16. The maximum atomic E-state index is 11.2. The van der Waals surface area contributed by atoms with E-state index < -0.39 is 0 Å². The standard InChI is InChI=1S/C11H10O2/c1-3-6-9-7-4-5-8-10(9)11(12)13-2/h4-5,7-8H,1-2H3. The molecule has 66 valence electrons. The highest BCUT2D eigenvalue weighted by molar-refractivity contribution is 5.92. The smallest absolute Gasteiger partial charge is 0.339 e. The number of carbonyl (C=O) groups is 1. The second-order valence-corrected chi connectivity index (χ2v) is 2.41. The van der Waals surface area contributed by atoms with Gasteiger partial charge in [-0.3, -0.25) is 0 Å². The third kappa shape index (κ3) is 2.09. The van der Waals surface area contributed by atoms with E-state index in [1.807, 2.05) is 6.07 Å². The second-order valence-electron chi connectivity index (χ2n) is 2.41. The number of benzene rings is 1. The second kappa shape index (κ2) is 4.32. The molecule has 0 fully saturated rings. The SMILES string of the molecule is CC#Cc1ccccc1C(=O)OC. The maximum Gasteiger partial charge on any atom is 0.339 e. The summed E-state index contributed by atoms with van der Waals surface area (Å²) in [4.78, 5) is 11.2. The van der Waals surface area contributed by atoms with Gasteiger partial charge in [-0.25, -0.2) is 4.79 Å². The van der Waals surface area contributed by atoms with Gasteiger partial charge in [0.25, 0.3) is 0 Å². The van der Waals surface area contributed by atoms with E-state index in [0.29, 0.717) is 11.1 Å². The average Bonchev–Trinajstić information content (AvgIpc) is 2.18. The number of methoxy groups -OCH3 is 1. The summed E-state index contributed by atoms with van der Waals surface area (Å²) in [5.74, 6) is 5.24. The molecule has 1 rings (SSSR count). The molecule has 0 N–H and O–H groups in total. The summed E-state index contributed by atoms with van der Waals surface area (Å²) in [6.07, 6.45) is 0. The Labute approximate surface area is 77.5 Å². The highest BCUT2D eigenvalue weighted by Crippen LogP contribution is 2.08. The van der Waals surface area contributed by atoms with E-state index in [0.717, 1.165) is 0 Å². The Hall–Kier alpha value is -1.75. The quantitative estimate of drug-likeness (QED) is 0.479. The normalized spacial score (nSPS) is 8.46. The van der Waals surface area contributed by atoms with Crippen molar-refractivity contribution in [3.05, 3.63) is 35.4 Å². The van der Waals surface area contributed by atoms with Crippen LogP contribution < -0.4 is 0 Å². The summed E-state index contributed by atoms with van der Waals surface area (Å²) in [5.41, 5.74) is 1.22. The molecule has 0 atom stereocenters. The van der Waals surface area contributed by atoms with Gasteiger partial charge in [0.15, 0.2) is 0 Å². The van der Waals surface area contributed by atoms with Crippen LogP contribution in [-0.4, -0.2) is 13.1 Å². The van der Waals surface area contributed by atoms with Crippen LogP contribution in [0.4, 0.5) is 0 Å². The van der Waals surface area contributed by atoms with Crippen molar-refractivity contribution in [3.63, 3.8) is 0 Å². The fraction of sp³-hybridized carbons (Fsp3) is 0.182. The third-order valence-electron chi connectivity index (χ3n) is 1.59. The van der Waals surface area contributed by atoms with Gasteiger partial charge >= 0.3 is 5.97 Å². The first-order chi connectivity index (χ1) is 6.29. The molecule has 0 aromatic heterocycles. The van der Waals surface area contributed by atoms with Gasteiger partial charge in [-0.05, 0) is 19.1 Å². The van der Waals surface area contributed by atoms with Crippen LogP contribution in [0.3, 0.4) is 0 Å². The lowest BCUT2D eigenvalue weighted by atomic mass is 10.1. The largest absolute Gasteiger partial charge is 0.465 e. The molecule has 0 heterocycles. The van der Waals surface area contributed by atoms with E-state index >= 15 is 0 Å². The van der Waals surface area contributed by atoms with Gasteiger partial charge in [-0.2, -0.15) is 0 Å². The molecule has 0 spiro atoms. The van der Waals surface area contributed by atoms with Crippen molar-refractivity contribution < 1.29 is 9.53 Å². The molecule has 2 nitrogen and oxygen atoms in total. The van der Waals surface area contributed by atoms with Gasteiger partial charge in [0.05, 0.1) is 12.7 Å². The Morgan fingerprint density at radius 1 is 1.38 bits per heavy atom. The third-order valence-corrected chi connectivity index (χ3v) is 1.59. The van der Waals surface area contributed by atoms with Crippen molar-refractivity contribution >= 4 is 5.97 Å². The van der Waals surface area contributed by atoms with Gasteiger partial charge in [-0.1, -0.05) is 18.1 Å². The number of hydrogen-bond acceptors (Lipinski definition) is 2. The Bertz CT molecular complexity index is 369. The maximum absolute atomic E-state index is 11.2. The predicted octanol–water partition coefficient (Wildman–Crippen LogP) is 1.84. The number of esters is 1. The van der Waals surface area contributed by atoms with Crippen molar-refractivity contribution in [2.24, 2.45) is 0 Å². The average molecular weight is 174 g/mol. The molecule has 0 saturated heterocycles. The van der Waals surface area contributed by atoms with Gasteiger partial charge in [0, 0.05) is 5.56 Å². The molecule has 0 bridgehead atoms. The van der Waals surface area contributed by atoms with Crippen molar-refractivity contribution in [2.75, 3.05) is 7.11 Å². The molecule has 0 radical (unpaired) electrons. The van der Waals surface area contributed by atoms with Crippen LogP contribution in [0, 0.1) is 11.8 Å². The van der Waals surface area contributed by atoms with E-state index in [1.165, 1.54) is 7.11 Å². The predicted molar refractivity (Wildman–Crippen MR) is 50.3 cm³/mol. The van der Waals surface area contributed by atoms with Gasteiger partial charge < -0.3 is 4.74 Å². The monoisotopic (exact) mass is 174 g/mol. The number of rotatable bonds is 1. The zero-order valence-electron chi connectivity index (χ0n) is 7.63. The van der Waals surface area contributed by atoms with Crippen LogP contribution >= 0.6 is 0 Å². The highest BCUT2D eigenvalue weighted by Gasteiger charge is 2.08. The van der Waals surface area contributed by atoms with E-state index in [-0.39, 0.29) is 5.97 Å². The van der Waals surface area contributed by atoms with Gasteiger partial charge in [-0.15, -0.1) is 5.92 Å². The molecule has 1 aromatic carbocycles. The van der Waals surface area contributed by atoms with Crippen molar-refractivity contribution in [2.45, 2.75) is 6.92 Å². The van der Waals surface area contributed by atoms with Gasteiger partial charge in [0.1, 0.15) is 0 Å². The molecule has 0 amide bonds. The van der Waals surface area contributed by atoms with E-state index in [1.54, 1.807) is 25.1 Å². The first kappa shape index (κ1) is 9.34. The molecule has 2 heteroatoms. The molecule has 0 unspecified atom stereocenters. The summed E-state index contributed by atoms with van der Waals surface area (Å²) in [5, 5.41) is 0. The summed E-state index contributed by atoms with van der Waals surface area (Å²) in [6, 6.07) is 7.12. The molecular formula is C11H10O2. The lowest BCUT2D eigenvalue weighted by molar-refractivity contribution is 0.0600. The Kier molecular flexibility index (Phi) is 3.10. The fourth-order valence-corrected chi connectivity index (χ4v) is 1.01. The number of ether oxygens (including phenoxy) is 1. The Morgan fingerprint density at radius 2 is 2.08 bits per heavy atom. The lowest BCUT2D eigenvalue weighted by Crippen LogP contribution is -2.03. The van der Waals surface area contributed by atoms with Crippen LogP contribution in [0.25, 0.3) is 0 Å². The van der Waals surface area contributed by atoms with Crippen LogP contribution in [0.15, 0.2) is 24.3 Å². The van der Waals surface area contributed by atoms with Crippen molar-refractivity contribution in [3.8, 4) is 11.8 Å². The highest BCUT2D eigenvalue weighted by atomic mass is 16.5. The summed E-state index contributed by atoms with van der Waals surface area (Å²) in [7, 11) is 1.36. The number of carbonyl (C=O) groups excluding carboxylic acids is 1. The minimum Gasteiger partial charge on any atom is -0.465 e. The molecule has 0 saturated carbocycles. The molecule has 13 heavy (non-hydrogen) atoms. The summed E-state index contributed by atoms with van der Waals surface area (Å²) >= 11 is 0. The fourth-order valence-electron chi connectivity index (χ4n) is 1.01. The minimum absolute atomic E-state index is 0.349. The number of hydrogen-bond donors (Lipinski definition) is 0. The Morgan fingerprint density at radius 3 is 2.69 bits per heavy atom. The molecule has 0 aliphatic heterocycles. The van der Waals surface area contributed by atoms with E-state index in [4.69, 9.17) is 0 Å². The minimum atomic E-state index is -0.349. The van der Waals surface area contributed by atoms with Crippen LogP contribution in [0.1, 0.15) is 22.8 Å². The summed E-state index contributed by atoms with van der Waals surface area (Å²) in [6.45, 7) is 1.73. The first-order valence-electron chi connectivity index (χ1n) is 3.89. The van der Waals surface area contributed by atoms with Crippen molar-refractivity contribution in [1.29, 1.82) is 0 Å². The lowest BCUT2D eigenvalue weighted by Gasteiger charge is -2.00. The molecule has 1 aromatic rings. The van der Waals surface area contributed by atoms with Crippen LogP contribution in [-0.2, 0) is 4.74 Å². The zero-order chi connectivity index (χ0) is 9.68. The van der Waals surface area contributed by atoms with E-state index in [9.17, 15) is 4.79 Å². The van der Waals surface area contributed by atoms with Crippen LogP contribution in [0.2, 0.25) is 0 Å².